The van der Waals surface area contributed by atoms with Crippen LogP contribution >= 0.6 is 7.82 Å². The van der Waals surface area contributed by atoms with E-state index in [9.17, 15) is 127 Å². The zero-order valence-corrected chi connectivity index (χ0v) is 48.7. The van der Waals surface area contributed by atoms with Crippen LogP contribution in [0.25, 0.3) is 0 Å². The van der Waals surface area contributed by atoms with Crippen LogP contribution in [0, 0.1) is 14.9 Å². The fourth-order valence-corrected chi connectivity index (χ4v) is 6.88. The van der Waals surface area contributed by atoms with Gasteiger partial charge < -0.3 is 151 Å². The molecule has 89 heavy (non-hydrogen) atoms. The van der Waals surface area contributed by atoms with Crippen molar-refractivity contribution in [2.75, 3.05) is 34.0 Å². The van der Waals surface area contributed by atoms with E-state index in [1.165, 1.54) is 19.1 Å². The molecular formula is C40H60Co2N11O35P-8. The van der Waals surface area contributed by atoms with Crippen molar-refractivity contribution in [2.24, 2.45) is 11.5 Å². The number of imide groups is 4. The minimum atomic E-state index is -5.20. The number of nitrogens with zero attached hydrogens (tertiary/aromatic N) is 2. The van der Waals surface area contributed by atoms with Gasteiger partial charge in [-0.15, -0.1) is 0 Å². The Morgan fingerprint density at radius 3 is 1.42 bits per heavy atom. The van der Waals surface area contributed by atoms with Gasteiger partial charge in [0.2, 0.25) is 25.1 Å². The van der Waals surface area contributed by atoms with Crippen LogP contribution < -0.4 is 78.9 Å². The number of urea groups is 5. The Hall–Kier alpha value is -8.17. The Balaban J connectivity index is -0.000000186. The Morgan fingerprint density at radius 2 is 1.10 bits per heavy atom. The first-order valence-electron chi connectivity index (χ1n) is 22.9. The Kier molecular flexibility index (Phi) is 44.6. The number of phosphoric ester groups is 1. The van der Waals surface area contributed by atoms with Crippen molar-refractivity contribution >= 4 is 104 Å². The third-order valence-electron chi connectivity index (χ3n) is 10.1. The zero-order chi connectivity index (χ0) is 67.1. The summed E-state index contributed by atoms with van der Waals surface area (Å²) in [5, 5.41) is 103. The summed E-state index contributed by atoms with van der Waals surface area (Å²) in [4.78, 5) is 196. The second kappa shape index (κ2) is 44.3. The van der Waals surface area contributed by atoms with Crippen molar-refractivity contribution < 1.29 is 207 Å². The maximum atomic E-state index is 11.8. The first kappa shape index (κ1) is 89.6. The van der Waals surface area contributed by atoms with Crippen molar-refractivity contribution in [2.45, 2.75) is 105 Å². The van der Waals surface area contributed by atoms with Crippen LogP contribution in [-0.2, 0) is 114 Å². The van der Waals surface area contributed by atoms with E-state index in [1.54, 1.807) is 5.32 Å². The van der Waals surface area contributed by atoms with Crippen molar-refractivity contribution in [3.05, 3.63) is 14.9 Å². The molecule has 0 spiro atoms. The summed E-state index contributed by atoms with van der Waals surface area (Å²) in [6.45, 7) is 0.209. The molecule has 516 valence electrons. The van der Waals surface area contributed by atoms with Gasteiger partial charge in [-0.05, 0) is 0 Å². The van der Waals surface area contributed by atoms with Crippen molar-refractivity contribution in [1.29, 1.82) is 0 Å². The van der Waals surface area contributed by atoms with Gasteiger partial charge >= 0.3 is 48.4 Å². The molecule has 0 saturated carbocycles. The molecule has 49 heteroatoms. The summed E-state index contributed by atoms with van der Waals surface area (Å²) >= 11 is 0. The number of carbonyl (C=O) groups is 15. The van der Waals surface area contributed by atoms with Crippen LogP contribution in [-0.4, -0.2) is 244 Å². The molecule has 12 atom stereocenters. The van der Waals surface area contributed by atoms with E-state index in [-0.39, 0.29) is 101 Å². The number of rotatable bonds is 14. The summed E-state index contributed by atoms with van der Waals surface area (Å²) in [7, 11) is -2.40. The number of primary amides is 2. The average molecular weight is 1410 g/mol. The number of amides is 15. The zero-order valence-electron chi connectivity index (χ0n) is 46.8. The number of nitrogens with one attached hydrogen (secondary N) is 7. The molecule has 46 nitrogen and oxygen atoms in total. The molecule has 0 bridgehead atoms. The number of methoxy groups -OCH3 is 2. The molecule has 18 N–H and O–H groups in total. The van der Waals surface area contributed by atoms with Crippen molar-refractivity contribution in [3.63, 3.8) is 0 Å². The molecule has 0 aromatic rings. The summed E-state index contributed by atoms with van der Waals surface area (Å²) in [6.07, 6.45) is -12.3. The predicted molar refractivity (Wildman–Crippen MR) is 255 cm³/mol. The van der Waals surface area contributed by atoms with Crippen molar-refractivity contribution in [1.82, 2.24) is 47.0 Å². The second-order valence-corrected chi connectivity index (χ2v) is 17.3. The van der Waals surface area contributed by atoms with Crippen LogP contribution in [0.4, 0.5) is 28.8 Å². The Morgan fingerprint density at radius 1 is 0.708 bits per heavy atom. The number of ether oxygens (including phenoxy) is 4. The van der Waals surface area contributed by atoms with Gasteiger partial charge in [0.25, 0.3) is 0 Å². The van der Waals surface area contributed by atoms with Crippen LogP contribution in [0.15, 0.2) is 0 Å². The van der Waals surface area contributed by atoms with E-state index < -0.39 is 178 Å². The number of aliphatic hydroxyl groups excluding tert-OH is 4. The van der Waals surface area contributed by atoms with Crippen LogP contribution in [0.1, 0.15) is 35.0 Å². The molecule has 6 rings (SSSR count). The summed E-state index contributed by atoms with van der Waals surface area (Å²) in [5.74, 6) is -9.95. The van der Waals surface area contributed by atoms with Gasteiger partial charge in [-0.1, -0.05) is 0 Å². The third-order valence-corrected chi connectivity index (χ3v) is 10.5. The monoisotopic (exact) mass is 1410 g/mol. The maximum absolute atomic E-state index is 11.8. The maximum Gasteiger partial charge on any atom is 0.407 e. The molecule has 0 aromatic carbocycles. The largest absolute Gasteiger partial charge is 0.780 e. The first-order valence-corrected chi connectivity index (χ1v) is 23.9. The third kappa shape index (κ3) is 33.7. The van der Waals surface area contributed by atoms with Crippen LogP contribution in [0.2, 0.25) is 0 Å². The van der Waals surface area contributed by atoms with Crippen LogP contribution in [0.3, 0.4) is 0 Å². The SMILES string of the molecule is COC[C@H]1O[C@@H](N2C(=O)NC(=O)CC2C(=O)[O-])[C@@H](O)C1O.COC[C@H]1O[C@@H](N2CCC(=O)NC2=O)[C@@H](O)C1O.NC(=O)NC(CC(=O)O)C(=O)[O-].NC(=O)OP(=O)([O-])[O-].O=C1CC(C(=O)[O-])NC(=O)N1.O=C1CC(C(=O)[O-])NC(=O)N1.O=C=O.[2HH].[2H]O.[CH3-].[CH3-].[Co].[Co]. The number of nitrogens with two attached hydrogens (primary N) is 2. The van der Waals surface area contributed by atoms with Crippen molar-refractivity contribution in [3.8, 4) is 0 Å². The molecule has 6 fully saturated rings. The van der Waals surface area contributed by atoms with E-state index >= 15 is 0 Å². The van der Waals surface area contributed by atoms with E-state index in [4.69, 9.17) is 40.6 Å². The predicted octanol–water partition coefficient (Wildman–Crippen LogP) is -16.3. The quantitative estimate of drug-likeness (QED) is 0.0567. The number of hydrogen-bond donors (Lipinski definition) is 14. The Labute approximate surface area is 522 Å². The number of aliphatic hydroxyl groups is 4. The molecule has 6 saturated heterocycles. The summed E-state index contributed by atoms with van der Waals surface area (Å²) in [5.41, 5.74) is 15.0. The van der Waals surface area contributed by atoms with E-state index in [2.05, 4.69) is 21.3 Å². The number of aliphatic carboxylic acids is 5. The number of carbonyl (C=O) groups excluding carboxylic acids is 16. The van der Waals surface area contributed by atoms with Gasteiger partial charge in [0, 0.05) is 62.2 Å². The molecule has 6 aliphatic heterocycles. The minimum Gasteiger partial charge on any atom is -0.780 e. The van der Waals surface area contributed by atoms with E-state index in [0.29, 0.717) is 4.90 Å². The Bertz CT molecular complexity index is 2460. The standard InChI is InChI=1S/C11H16N2O8.C10H16N2O6.C5H8N2O5.2C5H6N2O4.CH4NO5P.CO2.2CH3.2Co.H2O.H2/c1-20-3-5-7(15)8(16)9(21-5)13-4(10(17)18)2-6(14)12-11(13)19;1-17-4-5-7(14)8(15)9(18-5)12-3-2-6(13)11-10(12)16;6-5(12)7-2(4(10)11)1-3(8)9;2*8-3-1-2(4(9)10)6-5(11)7-3;2-1(3)7-8(4,5)6;2-1-3;;;;;;/h4-5,7-9,15-16H,2-3H2,1H3,(H,17,18)(H,12,14,19);5,7-9,14-15H,2-4H2,1H3,(H,11,13,16);2H,1H2,(H,8,9)(H,10,11)(H3,6,7,12);2*2H,1H2,(H,9,10)(H2,6,7,8,11);(H2,2,3)(H2,4,5,6);;2*1H3;;;1H2;1H/q;;;;;;;2*-1;;;;/p-6/t4?,5-,7?,8+,9-;5-,7?,8+,9-;;;;;;;;;;;/m11.........../s1/i;;;;;;;;;;;;1+1/hD. The minimum absolute atomic E-state index is 0. The van der Waals surface area contributed by atoms with Gasteiger partial charge in [-0.2, -0.15) is 9.59 Å². The fourth-order valence-electron chi connectivity index (χ4n) is 6.66. The van der Waals surface area contributed by atoms with Gasteiger partial charge in [0.05, 0.1) is 86.9 Å². The fraction of sp³-hybridized carbons (Fsp3) is 0.550. The number of carboxylic acid groups (broad SMARTS) is 5. The van der Waals surface area contributed by atoms with Gasteiger partial charge in [-0.25, -0.2) is 28.8 Å². The molecular weight excluding hydrogens is 1340 g/mol. The second-order valence-electron chi connectivity index (χ2n) is 16.2. The van der Waals surface area contributed by atoms with Crippen LogP contribution in [0.5, 0.6) is 0 Å². The van der Waals surface area contributed by atoms with E-state index in [0.717, 1.165) is 0 Å². The summed E-state index contributed by atoms with van der Waals surface area (Å²) < 4.78 is 37.5. The molecule has 2 radical (unpaired) electrons. The molecule has 6 aliphatic rings. The topological polar surface area (TPSA) is 767 Å². The summed E-state index contributed by atoms with van der Waals surface area (Å²) in [6, 6.07) is -9.92. The number of hydrogen-bond acceptors (Lipinski definition) is 33. The number of phosphoric acid groups is 1. The molecule has 0 aromatic heterocycles. The van der Waals surface area contributed by atoms with E-state index in [1.807, 2.05) is 26.6 Å². The molecule has 0 aliphatic carbocycles. The smallest absolute Gasteiger partial charge is 0.407 e. The van der Waals surface area contributed by atoms with Gasteiger partial charge in [0.1, 0.15) is 44.4 Å². The molecule has 15 amide bonds. The van der Waals surface area contributed by atoms with Gasteiger partial charge in [-0.3, -0.25) is 55.0 Å². The number of carboxylic acids is 5. The van der Waals surface area contributed by atoms with Gasteiger partial charge in [0.15, 0.2) is 12.5 Å². The molecule has 6 unspecified atom stereocenters. The first-order chi connectivity index (χ1) is 39.8. The average Bonchev–Trinajstić information content (AvgIpc) is 3.51. The normalized spacial score (nSPS) is 24.7. The molecule has 6 heterocycles.